The van der Waals surface area contributed by atoms with E-state index >= 15 is 0 Å². The summed E-state index contributed by atoms with van der Waals surface area (Å²) in [6.07, 6.45) is 0. The highest BCUT2D eigenvalue weighted by Crippen LogP contribution is 2.44. The van der Waals surface area contributed by atoms with Gasteiger partial charge in [-0.3, -0.25) is 9.69 Å². The Hall–Kier alpha value is -2.13. The topological polar surface area (TPSA) is 92.9 Å². The van der Waals surface area contributed by atoms with Gasteiger partial charge in [0.15, 0.2) is 0 Å². The Morgan fingerprint density at radius 3 is 2.23 bits per heavy atom. The quantitative estimate of drug-likeness (QED) is 0.768. The number of nitrogens with two attached hydrogens (primary N) is 1. The van der Waals surface area contributed by atoms with Gasteiger partial charge in [0.1, 0.15) is 5.75 Å². The second kappa shape index (κ2) is 8.55. The van der Waals surface area contributed by atoms with E-state index in [2.05, 4.69) is 24.1 Å². The van der Waals surface area contributed by atoms with Crippen LogP contribution in [-0.2, 0) is 10.0 Å². The summed E-state index contributed by atoms with van der Waals surface area (Å²) in [6.45, 7) is 2.33. The molecule has 7 nitrogen and oxygen atoms in total. The van der Waals surface area contributed by atoms with Crippen LogP contribution in [0.2, 0.25) is 0 Å². The lowest BCUT2D eigenvalue weighted by atomic mass is 9.89. The number of rotatable bonds is 4. The number of ether oxygens (including phenoxy) is 1. The first kappa shape index (κ1) is 22.6. The van der Waals surface area contributed by atoms with Gasteiger partial charge in [-0.2, -0.15) is 0 Å². The summed E-state index contributed by atoms with van der Waals surface area (Å²) in [6, 6.07) is 14.2. The van der Waals surface area contributed by atoms with Crippen molar-refractivity contribution in [3.8, 4) is 5.75 Å². The van der Waals surface area contributed by atoms with Crippen LogP contribution < -0.4 is 9.88 Å². The van der Waals surface area contributed by atoms with E-state index in [1.54, 1.807) is 7.11 Å². The van der Waals surface area contributed by atoms with Gasteiger partial charge in [0.2, 0.25) is 10.0 Å². The van der Waals surface area contributed by atoms with E-state index < -0.39 is 10.0 Å². The van der Waals surface area contributed by atoms with Crippen LogP contribution in [0.15, 0.2) is 53.4 Å². The van der Waals surface area contributed by atoms with Gasteiger partial charge >= 0.3 is 0 Å². The molecule has 2 aromatic rings. The number of nitrogens with zero attached hydrogens (tertiary/aromatic N) is 2. The van der Waals surface area contributed by atoms with Crippen LogP contribution in [0.5, 0.6) is 5.75 Å². The zero-order valence-corrected chi connectivity index (χ0v) is 18.5. The Morgan fingerprint density at radius 1 is 1.03 bits per heavy atom. The first-order chi connectivity index (χ1) is 13.8. The predicted molar refractivity (Wildman–Crippen MR) is 116 cm³/mol. The molecule has 0 radical (unpaired) electrons. The maximum absolute atomic E-state index is 13.0. The van der Waals surface area contributed by atoms with Crippen LogP contribution in [0.1, 0.15) is 22.0 Å². The fourth-order valence-corrected chi connectivity index (χ4v) is 5.21. The van der Waals surface area contributed by atoms with E-state index in [4.69, 9.17) is 9.88 Å². The van der Waals surface area contributed by atoms with Crippen molar-refractivity contribution >= 4 is 28.3 Å². The SMILES string of the molecule is COc1ccc([C@H]2[C@@H]3CN(C(=O)c4ccc(S(N)(=O)=O)cc4)C[C@@H]3CN2C)cc1.Cl. The number of fused-ring (bicyclic) bond motifs is 1. The van der Waals surface area contributed by atoms with Gasteiger partial charge in [0.05, 0.1) is 12.0 Å². The van der Waals surface area contributed by atoms with Gasteiger partial charge in [-0.05, 0) is 54.9 Å². The minimum absolute atomic E-state index is 0. The van der Waals surface area contributed by atoms with Crippen LogP contribution in [0.3, 0.4) is 0 Å². The molecule has 0 aliphatic carbocycles. The Balaban J connectivity index is 0.00000256. The molecule has 2 heterocycles. The van der Waals surface area contributed by atoms with Crippen molar-refractivity contribution < 1.29 is 17.9 Å². The Bertz CT molecular complexity index is 1010. The smallest absolute Gasteiger partial charge is 0.253 e. The standard InChI is InChI=1S/C21H25N3O4S.ClH/c1-23-11-16-12-24(21(25)15-5-9-18(10-6-15)29(22,26)27)13-19(16)20(23)14-3-7-17(28-2)8-4-14;/h3-10,16,19-20H,11-13H2,1-2H3,(H2,22,26,27);1H/t16-,19+,20-;/m0./s1. The molecule has 9 heteroatoms. The van der Waals surface area contributed by atoms with Crippen LogP contribution in [0.25, 0.3) is 0 Å². The summed E-state index contributed by atoms with van der Waals surface area (Å²) < 4.78 is 28.1. The lowest BCUT2D eigenvalue weighted by Gasteiger charge is -2.27. The molecule has 2 aliphatic heterocycles. The maximum atomic E-state index is 13.0. The molecule has 0 unspecified atom stereocenters. The van der Waals surface area contributed by atoms with Crippen LogP contribution in [0.4, 0.5) is 0 Å². The number of hydrogen-bond donors (Lipinski definition) is 1. The number of primary sulfonamides is 1. The summed E-state index contributed by atoms with van der Waals surface area (Å²) in [4.78, 5) is 17.2. The van der Waals surface area contributed by atoms with Crippen LogP contribution in [-0.4, -0.2) is 57.9 Å². The highest BCUT2D eigenvalue weighted by molar-refractivity contribution is 7.89. The third kappa shape index (κ3) is 4.18. The number of carbonyl (C=O) groups is 1. The summed E-state index contributed by atoms with van der Waals surface area (Å²) in [5.74, 6) is 1.54. The molecule has 30 heavy (non-hydrogen) atoms. The highest BCUT2D eigenvalue weighted by Gasteiger charge is 2.47. The van der Waals surface area contributed by atoms with E-state index in [0.717, 1.165) is 12.3 Å². The molecular weight excluding hydrogens is 426 g/mol. The zero-order valence-electron chi connectivity index (χ0n) is 16.9. The Labute approximate surface area is 183 Å². The third-order valence-corrected chi connectivity index (χ3v) is 7.00. The molecule has 2 aromatic carbocycles. The average Bonchev–Trinajstić information content (AvgIpc) is 3.23. The Kier molecular flexibility index (Phi) is 6.43. The molecule has 0 saturated carbocycles. The zero-order chi connectivity index (χ0) is 20.8. The summed E-state index contributed by atoms with van der Waals surface area (Å²) in [7, 11) is 0.0206. The molecule has 0 spiro atoms. The molecule has 2 aliphatic rings. The monoisotopic (exact) mass is 451 g/mol. The largest absolute Gasteiger partial charge is 0.497 e. The average molecular weight is 452 g/mol. The number of benzene rings is 2. The second-order valence-corrected chi connectivity index (χ2v) is 9.42. The molecule has 2 fully saturated rings. The number of methoxy groups -OCH3 is 1. The van der Waals surface area contributed by atoms with Gasteiger partial charge in [-0.25, -0.2) is 13.6 Å². The number of carbonyl (C=O) groups excluding carboxylic acids is 1. The van der Waals surface area contributed by atoms with Crippen molar-refractivity contribution in [3.63, 3.8) is 0 Å². The van der Waals surface area contributed by atoms with Crippen LogP contribution in [0, 0.1) is 11.8 Å². The molecular formula is C21H26ClN3O4S. The summed E-state index contributed by atoms with van der Waals surface area (Å²) >= 11 is 0. The normalized spacial score (nSPS) is 23.7. The molecule has 4 rings (SSSR count). The lowest BCUT2D eigenvalue weighted by molar-refractivity contribution is 0.0767. The molecule has 2 saturated heterocycles. The van der Waals surface area contributed by atoms with Gasteiger partial charge < -0.3 is 9.64 Å². The minimum atomic E-state index is -3.77. The molecule has 162 valence electrons. The first-order valence-electron chi connectivity index (χ1n) is 9.54. The lowest BCUT2D eigenvalue weighted by Crippen LogP contribution is -2.33. The van der Waals surface area contributed by atoms with E-state index in [1.807, 2.05) is 17.0 Å². The van der Waals surface area contributed by atoms with E-state index in [0.29, 0.717) is 30.5 Å². The van der Waals surface area contributed by atoms with Crippen molar-refractivity contribution in [1.82, 2.24) is 9.80 Å². The van der Waals surface area contributed by atoms with Crippen molar-refractivity contribution in [2.45, 2.75) is 10.9 Å². The molecule has 0 bridgehead atoms. The Morgan fingerprint density at radius 2 is 1.67 bits per heavy atom. The number of likely N-dealkylation sites (tertiary alicyclic amines) is 2. The van der Waals surface area contributed by atoms with Crippen LogP contribution >= 0.6 is 12.4 Å². The van der Waals surface area contributed by atoms with Crippen molar-refractivity contribution in [2.24, 2.45) is 17.0 Å². The summed E-state index contributed by atoms with van der Waals surface area (Å²) in [5.41, 5.74) is 1.71. The van der Waals surface area contributed by atoms with E-state index in [9.17, 15) is 13.2 Å². The number of amides is 1. The van der Waals surface area contributed by atoms with Crippen molar-refractivity contribution in [1.29, 1.82) is 0 Å². The maximum Gasteiger partial charge on any atom is 0.253 e. The third-order valence-electron chi connectivity index (χ3n) is 6.07. The van der Waals surface area contributed by atoms with Crippen molar-refractivity contribution in [2.75, 3.05) is 33.8 Å². The number of halogens is 1. The predicted octanol–water partition coefficient (Wildman–Crippen LogP) is 2.14. The fraction of sp³-hybridized carbons (Fsp3) is 0.381. The van der Waals surface area contributed by atoms with E-state index in [1.165, 1.54) is 29.8 Å². The molecule has 1 amide bonds. The van der Waals surface area contributed by atoms with Gasteiger partial charge in [-0.1, -0.05) is 12.1 Å². The van der Waals surface area contributed by atoms with Gasteiger partial charge in [-0.15, -0.1) is 12.4 Å². The molecule has 3 atom stereocenters. The number of sulfonamides is 1. The molecule has 0 aromatic heterocycles. The summed E-state index contributed by atoms with van der Waals surface area (Å²) in [5, 5.41) is 5.13. The van der Waals surface area contributed by atoms with Gasteiger partial charge in [0.25, 0.3) is 5.91 Å². The minimum Gasteiger partial charge on any atom is -0.497 e. The second-order valence-electron chi connectivity index (χ2n) is 7.86. The first-order valence-corrected chi connectivity index (χ1v) is 11.1. The molecule has 2 N–H and O–H groups in total. The van der Waals surface area contributed by atoms with Gasteiger partial charge in [0, 0.05) is 37.2 Å². The van der Waals surface area contributed by atoms with E-state index in [-0.39, 0.29) is 29.3 Å². The number of hydrogen-bond acceptors (Lipinski definition) is 5. The van der Waals surface area contributed by atoms with Crippen molar-refractivity contribution in [3.05, 3.63) is 59.7 Å². The fourth-order valence-electron chi connectivity index (χ4n) is 4.70. The highest BCUT2D eigenvalue weighted by atomic mass is 35.5.